The van der Waals surface area contributed by atoms with Crippen molar-refractivity contribution < 1.29 is 0 Å². The van der Waals surface area contributed by atoms with Crippen LogP contribution in [0.5, 0.6) is 0 Å². The van der Waals surface area contributed by atoms with E-state index in [-0.39, 0.29) is 0 Å². The zero-order valence-electron chi connectivity index (χ0n) is 40.3. The first-order chi connectivity index (χ1) is 33.0. The highest BCUT2D eigenvalue weighted by molar-refractivity contribution is 6.26. The molecule has 12 rings (SSSR count). The maximum Gasteiger partial charge on any atom is -0.00921 e. The lowest BCUT2D eigenvalue weighted by Gasteiger charge is -2.21. The average Bonchev–Trinajstić information content (AvgIpc) is 3.33. The van der Waals surface area contributed by atoms with Gasteiger partial charge in [0.05, 0.1) is 0 Å². The number of fused-ring (bicyclic) bond motifs is 10. The van der Waals surface area contributed by atoms with E-state index >= 15 is 0 Å². The Kier molecular flexibility index (Phi) is 9.75. The van der Waals surface area contributed by atoms with E-state index in [0.717, 1.165) is 0 Å². The Bertz CT molecular complexity index is 4020. The zero-order chi connectivity index (χ0) is 46.5. The number of hydrogen-bond acceptors (Lipinski definition) is 0. The summed E-state index contributed by atoms with van der Waals surface area (Å²) >= 11 is 0. The van der Waals surface area contributed by atoms with E-state index in [1.807, 2.05) is 0 Å². The van der Waals surface area contributed by atoms with Gasteiger partial charge < -0.3 is 0 Å². The molecule has 0 saturated heterocycles. The first-order valence-corrected chi connectivity index (χ1v) is 24.2. The molecule has 0 radical (unpaired) electrons. The van der Waals surface area contributed by atoms with Crippen LogP contribution in [0.1, 0.15) is 44.5 Å². The van der Waals surface area contributed by atoms with Crippen molar-refractivity contribution in [2.24, 2.45) is 0 Å². The fourth-order valence-electron chi connectivity index (χ4n) is 12.1. The Labute approximate surface area is 400 Å². The normalized spacial score (nSPS) is 11.8. The molecule has 0 fully saturated rings. The molecule has 12 aromatic rings. The lowest BCUT2D eigenvalue weighted by atomic mass is 9.83. The summed E-state index contributed by atoms with van der Waals surface area (Å²) in [5, 5.41) is 15.4. The highest BCUT2D eigenvalue weighted by Crippen LogP contribution is 2.48. The topological polar surface area (TPSA) is 0 Å². The quantitative estimate of drug-likeness (QED) is 0.151. The second kappa shape index (κ2) is 15.9. The van der Waals surface area contributed by atoms with Crippen LogP contribution in [0.2, 0.25) is 0 Å². The molecule has 0 saturated carbocycles. The second-order valence-corrected chi connectivity index (χ2v) is 19.6. The minimum atomic E-state index is 1.21. The summed E-state index contributed by atoms with van der Waals surface area (Å²) < 4.78 is 0. The van der Waals surface area contributed by atoms with Crippen molar-refractivity contribution in [3.63, 3.8) is 0 Å². The van der Waals surface area contributed by atoms with Crippen LogP contribution in [0.3, 0.4) is 0 Å². The van der Waals surface area contributed by atoms with Crippen LogP contribution < -0.4 is 0 Å². The van der Waals surface area contributed by atoms with Crippen molar-refractivity contribution in [2.45, 2.75) is 55.4 Å². The molecule has 0 atom stereocenters. The molecule has 326 valence electrons. The Morgan fingerprint density at radius 2 is 0.412 bits per heavy atom. The van der Waals surface area contributed by atoms with Crippen LogP contribution in [0.4, 0.5) is 0 Å². The standard InChI is InChI=1S/C68H54/c1-39-17-13-18-40(2)65(39)61-36-59-53-31-29-48(34-56(53)64(68-45(7)23-16-24-46(68)8)37-57(59)49-25-9-11-27-51(49)61)47-30-32-54-55(33-47)60-38-62(66-41(3)19-14-20-42(66)4)52-28-12-10-26-50(52)58(60)35-63(54)67-43(5)21-15-22-44(67)6/h9-38H,1-8H3. The molecule has 12 aromatic carbocycles. The molecule has 0 N–H and O–H groups in total. The number of rotatable bonds is 5. The van der Waals surface area contributed by atoms with Crippen LogP contribution >= 0.6 is 0 Å². The maximum atomic E-state index is 2.50. The first kappa shape index (κ1) is 41.6. The van der Waals surface area contributed by atoms with Crippen molar-refractivity contribution in [3.05, 3.63) is 226 Å². The summed E-state index contributed by atoms with van der Waals surface area (Å²) in [5.74, 6) is 0. The average molecular weight is 871 g/mol. The van der Waals surface area contributed by atoms with Gasteiger partial charge in [-0.3, -0.25) is 0 Å². The van der Waals surface area contributed by atoms with Crippen molar-refractivity contribution in [2.75, 3.05) is 0 Å². The second-order valence-electron chi connectivity index (χ2n) is 19.6. The fraction of sp³-hybridized carbons (Fsp3) is 0.118. The summed E-state index contributed by atoms with van der Waals surface area (Å²) in [6, 6.07) is 69.4. The van der Waals surface area contributed by atoms with Gasteiger partial charge in [0.15, 0.2) is 0 Å². The summed E-state index contributed by atoms with van der Waals surface area (Å²) in [5.41, 5.74) is 23.2. The van der Waals surface area contributed by atoms with Crippen molar-refractivity contribution >= 4 is 64.6 Å². The van der Waals surface area contributed by atoms with Gasteiger partial charge in [-0.25, -0.2) is 0 Å². The predicted octanol–water partition coefficient (Wildman–Crippen LogP) is 19.4. The minimum absolute atomic E-state index is 1.21. The molecule has 0 aliphatic heterocycles. The highest BCUT2D eigenvalue weighted by Gasteiger charge is 2.21. The summed E-state index contributed by atoms with van der Waals surface area (Å²) in [7, 11) is 0. The maximum absolute atomic E-state index is 2.50. The van der Waals surface area contributed by atoms with Crippen LogP contribution in [0, 0.1) is 55.4 Å². The van der Waals surface area contributed by atoms with Gasteiger partial charge in [-0.05, 0) is 257 Å². The van der Waals surface area contributed by atoms with Crippen LogP contribution in [-0.4, -0.2) is 0 Å². The molecule has 68 heavy (non-hydrogen) atoms. The van der Waals surface area contributed by atoms with Gasteiger partial charge in [-0.15, -0.1) is 0 Å². The molecular weight excluding hydrogens is 817 g/mol. The molecule has 0 amide bonds. The van der Waals surface area contributed by atoms with Crippen LogP contribution in [-0.2, 0) is 0 Å². The Morgan fingerprint density at radius 1 is 0.176 bits per heavy atom. The molecule has 0 heterocycles. The van der Waals surface area contributed by atoms with Gasteiger partial charge in [0.25, 0.3) is 0 Å². The first-order valence-electron chi connectivity index (χ1n) is 24.2. The van der Waals surface area contributed by atoms with E-state index in [9.17, 15) is 0 Å². The van der Waals surface area contributed by atoms with Crippen molar-refractivity contribution in [1.29, 1.82) is 0 Å². The predicted molar refractivity (Wildman–Crippen MR) is 297 cm³/mol. The van der Waals surface area contributed by atoms with Gasteiger partial charge in [0.1, 0.15) is 0 Å². The van der Waals surface area contributed by atoms with E-state index in [0.29, 0.717) is 0 Å². The third-order valence-electron chi connectivity index (χ3n) is 15.3. The molecule has 0 unspecified atom stereocenters. The molecule has 0 heteroatoms. The van der Waals surface area contributed by atoms with Gasteiger partial charge >= 0.3 is 0 Å². The van der Waals surface area contributed by atoms with Gasteiger partial charge in [-0.2, -0.15) is 0 Å². The summed E-state index contributed by atoms with van der Waals surface area (Å²) in [6.07, 6.45) is 0. The minimum Gasteiger partial charge on any atom is -0.0617 e. The van der Waals surface area contributed by atoms with Crippen LogP contribution in [0.15, 0.2) is 182 Å². The van der Waals surface area contributed by atoms with E-state index < -0.39 is 0 Å². The van der Waals surface area contributed by atoms with E-state index in [1.165, 1.54) is 165 Å². The highest BCUT2D eigenvalue weighted by atomic mass is 14.2. The number of aryl methyl sites for hydroxylation is 8. The SMILES string of the molecule is Cc1cccc(C)c1-c1cc2c3ccc(-c4ccc5c(-c6c(C)cccc6C)cc6c7ccccc7c(-c7c(C)cccc7C)cc6c5c4)cc3c(-c3c(C)cccc3C)cc2c2ccccc12. The molecule has 0 nitrogen and oxygen atoms in total. The van der Waals surface area contributed by atoms with E-state index in [2.05, 4.69) is 237 Å². The third kappa shape index (κ3) is 6.42. The van der Waals surface area contributed by atoms with Crippen LogP contribution in [0.25, 0.3) is 120 Å². The smallest absolute Gasteiger partial charge is 0.00921 e. The van der Waals surface area contributed by atoms with Gasteiger partial charge in [-0.1, -0.05) is 146 Å². The molecule has 0 spiro atoms. The van der Waals surface area contributed by atoms with Crippen molar-refractivity contribution in [1.82, 2.24) is 0 Å². The monoisotopic (exact) mass is 870 g/mol. The molecule has 0 aliphatic carbocycles. The summed E-state index contributed by atoms with van der Waals surface area (Å²) in [6.45, 7) is 18.1. The van der Waals surface area contributed by atoms with Gasteiger partial charge in [0, 0.05) is 0 Å². The molecule has 0 aliphatic rings. The van der Waals surface area contributed by atoms with E-state index in [4.69, 9.17) is 0 Å². The zero-order valence-corrected chi connectivity index (χ0v) is 40.3. The summed E-state index contributed by atoms with van der Waals surface area (Å²) in [4.78, 5) is 0. The van der Waals surface area contributed by atoms with Gasteiger partial charge in [0.2, 0.25) is 0 Å². The molecular formula is C68H54. The van der Waals surface area contributed by atoms with E-state index in [1.54, 1.807) is 0 Å². The Balaban J connectivity index is 1.19. The largest absolute Gasteiger partial charge is 0.0617 e. The fourth-order valence-corrected chi connectivity index (χ4v) is 12.1. The van der Waals surface area contributed by atoms with Crippen molar-refractivity contribution in [3.8, 4) is 55.6 Å². The lowest BCUT2D eigenvalue weighted by Crippen LogP contribution is -1.95. The third-order valence-corrected chi connectivity index (χ3v) is 15.3. The number of hydrogen-bond donors (Lipinski definition) is 0. The number of benzene rings is 12. The lowest BCUT2D eigenvalue weighted by molar-refractivity contribution is 1.38. The molecule has 0 aromatic heterocycles. The Hall–Kier alpha value is -7.80. The Morgan fingerprint density at radius 3 is 0.765 bits per heavy atom. The molecule has 0 bridgehead atoms.